The lowest BCUT2D eigenvalue weighted by atomic mass is 9.89. The summed E-state index contributed by atoms with van der Waals surface area (Å²) in [5.74, 6) is 3.78. The molecule has 0 atom stereocenters. The van der Waals surface area contributed by atoms with Gasteiger partial charge in [-0.1, -0.05) is 31.1 Å². The molecule has 2 fully saturated rings. The Kier molecular flexibility index (Phi) is 8.36. The standard InChI is InChI=1S/C23H27F3O7S/c24-23(25,26)33-19-9-8-18(21(27)31-14-15-34(28,29)30)16-20(19)32-22(11-4-5-12-22)13-10-17-6-2-1-3-7-17/h8-9,16-17H,1-7,11-12,14-15H2,(H,28,29,30)/p-1. The van der Waals surface area contributed by atoms with E-state index in [4.69, 9.17) is 9.47 Å². The fourth-order valence-corrected chi connectivity index (χ4v) is 4.42. The Balaban J connectivity index is 1.85. The Bertz CT molecular complexity index is 1030. The minimum atomic E-state index is -4.99. The van der Waals surface area contributed by atoms with Crippen molar-refractivity contribution in [3.8, 4) is 23.3 Å². The first-order valence-corrected chi connectivity index (χ1v) is 12.7. The second-order valence-corrected chi connectivity index (χ2v) is 10.0. The first kappa shape index (κ1) is 26.2. The highest BCUT2D eigenvalue weighted by Gasteiger charge is 2.38. The lowest BCUT2D eigenvalue weighted by molar-refractivity contribution is -0.275. The summed E-state index contributed by atoms with van der Waals surface area (Å²) in [6.45, 7) is -0.682. The smallest absolute Gasteiger partial charge is 0.573 e. The van der Waals surface area contributed by atoms with Crippen LogP contribution in [-0.4, -0.2) is 43.3 Å². The molecule has 2 saturated carbocycles. The number of carbonyl (C=O) groups excluding carboxylic acids is 1. The Morgan fingerprint density at radius 1 is 1.09 bits per heavy atom. The zero-order valence-electron chi connectivity index (χ0n) is 18.5. The molecule has 0 bridgehead atoms. The number of benzene rings is 1. The summed E-state index contributed by atoms with van der Waals surface area (Å²) in [5, 5.41) is 0. The third-order valence-corrected chi connectivity index (χ3v) is 6.46. The molecule has 3 rings (SSSR count). The van der Waals surface area contributed by atoms with E-state index in [2.05, 4.69) is 16.6 Å². The number of rotatable bonds is 7. The molecular formula is C23H26F3O7S-. The molecule has 0 N–H and O–H groups in total. The zero-order chi connectivity index (χ0) is 24.8. The van der Waals surface area contributed by atoms with Gasteiger partial charge in [0.2, 0.25) is 0 Å². The predicted octanol–water partition coefficient (Wildman–Crippen LogP) is 4.56. The molecule has 1 aromatic rings. The minimum absolute atomic E-state index is 0.179. The van der Waals surface area contributed by atoms with Crippen molar-refractivity contribution in [2.75, 3.05) is 12.4 Å². The van der Waals surface area contributed by atoms with Crippen LogP contribution in [-0.2, 0) is 14.9 Å². The molecule has 11 heteroatoms. The van der Waals surface area contributed by atoms with Gasteiger partial charge in [0.25, 0.3) is 0 Å². The van der Waals surface area contributed by atoms with Gasteiger partial charge in [0.15, 0.2) is 17.1 Å². The van der Waals surface area contributed by atoms with Crippen molar-refractivity contribution in [3.63, 3.8) is 0 Å². The summed E-state index contributed by atoms with van der Waals surface area (Å²) in [5.41, 5.74) is -1.18. The lowest BCUT2D eigenvalue weighted by Gasteiger charge is -2.27. The maximum absolute atomic E-state index is 13.0. The van der Waals surface area contributed by atoms with E-state index in [1.807, 2.05) is 0 Å². The molecule has 7 nitrogen and oxygen atoms in total. The number of hydrogen-bond acceptors (Lipinski definition) is 7. The highest BCUT2D eigenvalue weighted by Crippen LogP contribution is 2.40. The van der Waals surface area contributed by atoms with E-state index in [0.717, 1.165) is 56.7 Å². The van der Waals surface area contributed by atoms with Gasteiger partial charge in [-0.2, -0.15) is 0 Å². The quantitative estimate of drug-likeness (QED) is 0.305. The monoisotopic (exact) mass is 503 g/mol. The zero-order valence-corrected chi connectivity index (χ0v) is 19.3. The van der Waals surface area contributed by atoms with E-state index < -0.39 is 46.2 Å². The first-order chi connectivity index (χ1) is 15.9. The van der Waals surface area contributed by atoms with Gasteiger partial charge < -0.3 is 18.8 Å². The van der Waals surface area contributed by atoms with Gasteiger partial charge in [0.05, 0.1) is 21.4 Å². The van der Waals surface area contributed by atoms with Gasteiger partial charge in [-0.05, 0) is 56.7 Å². The summed E-state index contributed by atoms with van der Waals surface area (Å²) in [7, 11) is -4.59. The van der Waals surface area contributed by atoms with Crippen LogP contribution in [0.15, 0.2) is 18.2 Å². The Morgan fingerprint density at radius 3 is 2.38 bits per heavy atom. The fourth-order valence-electron chi connectivity index (χ4n) is 4.13. The van der Waals surface area contributed by atoms with Crippen molar-refractivity contribution in [3.05, 3.63) is 23.8 Å². The van der Waals surface area contributed by atoms with E-state index in [-0.39, 0.29) is 17.2 Å². The highest BCUT2D eigenvalue weighted by molar-refractivity contribution is 7.85. The third-order valence-electron chi connectivity index (χ3n) is 5.80. The van der Waals surface area contributed by atoms with E-state index in [1.54, 1.807) is 0 Å². The Hall–Kier alpha value is -2.45. The third kappa shape index (κ3) is 8.09. The van der Waals surface area contributed by atoms with Gasteiger partial charge in [-0.3, -0.25) is 0 Å². The van der Waals surface area contributed by atoms with E-state index in [1.165, 1.54) is 6.42 Å². The van der Waals surface area contributed by atoms with E-state index in [0.29, 0.717) is 12.8 Å². The van der Waals surface area contributed by atoms with Crippen LogP contribution in [0.4, 0.5) is 13.2 Å². The van der Waals surface area contributed by atoms with Crippen LogP contribution < -0.4 is 9.47 Å². The summed E-state index contributed by atoms with van der Waals surface area (Å²) in [6, 6.07) is 3.02. The molecule has 0 aliphatic heterocycles. The molecule has 0 heterocycles. The molecule has 2 aliphatic carbocycles. The van der Waals surface area contributed by atoms with Crippen molar-refractivity contribution in [1.82, 2.24) is 0 Å². The summed E-state index contributed by atoms with van der Waals surface area (Å²) >= 11 is 0. The summed E-state index contributed by atoms with van der Waals surface area (Å²) < 4.78 is 85.9. The van der Waals surface area contributed by atoms with Crippen LogP contribution >= 0.6 is 0 Å². The molecule has 0 amide bonds. The summed E-state index contributed by atoms with van der Waals surface area (Å²) in [4.78, 5) is 12.3. The van der Waals surface area contributed by atoms with E-state index >= 15 is 0 Å². The van der Waals surface area contributed by atoms with Crippen molar-refractivity contribution in [1.29, 1.82) is 0 Å². The molecule has 34 heavy (non-hydrogen) atoms. The van der Waals surface area contributed by atoms with E-state index in [9.17, 15) is 30.9 Å². The van der Waals surface area contributed by atoms with Crippen LogP contribution in [0.25, 0.3) is 0 Å². The van der Waals surface area contributed by atoms with Crippen molar-refractivity contribution >= 4 is 16.1 Å². The molecule has 2 aliphatic rings. The van der Waals surface area contributed by atoms with Gasteiger partial charge >= 0.3 is 12.3 Å². The normalized spacial score (nSPS) is 18.6. The molecule has 0 radical (unpaired) electrons. The molecule has 188 valence electrons. The van der Waals surface area contributed by atoms with Crippen LogP contribution in [0.1, 0.15) is 68.1 Å². The predicted molar refractivity (Wildman–Crippen MR) is 114 cm³/mol. The van der Waals surface area contributed by atoms with Gasteiger partial charge in [0, 0.05) is 5.92 Å². The number of halogens is 3. The number of alkyl halides is 3. The average molecular weight is 504 g/mol. The Labute approximate surface area is 196 Å². The number of ether oxygens (including phenoxy) is 3. The lowest BCUT2D eigenvalue weighted by Crippen LogP contribution is -2.31. The molecular weight excluding hydrogens is 477 g/mol. The fraction of sp³-hybridized carbons (Fsp3) is 0.609. The van der Waals surface area contributed by atoms with Crippen molar-refractivity contribution < 1.29 is 45.1 Å². The van der Waals surface area contributed by atoms with Crippen molar-refractivity contribution in [2.45, 2.75) is 69.8 Å². The molecule has 1 aromatic carbocycles. The summed E-state index contributed by atoms with van der Waals surface area (Å²) in [6.07, 6.45) is 2.95. The minimum Gasteiger partial charge on any atom is -0.748 e. The number of esters is 1. The topological polar surface area (TPSA) is 102 Å². The van der Waals surface area contributed by atoms with Gasteiger partial charge in [0.1, 0.15) is 6.61 Å². The van der Waals surface area contributed by atoms with Crippen LogP contribution in [0.3, 0.4) is 0 Å². The van der Waals surface area contributed by atoms with Crippen LogP contribution in [0.5, 0.6) is 11.5 Å². The largest absolute Gasteiger partial charge is 0.748 e. The average Bonchev–Trinajstić information content (AvgIpc) is 3.21. The molecule has 0 saturated heterocycles. The van der Waals surface area contributed by atoms with Crippen LogP contribution in [0.2, 0.25) is 0 Å². The molecule has 0 unspecified atom stereocenters. The van der Waals surface area contributed by atoms with Gasteiger partial charge in [-0.15, -0.1) is 13.2 Å². The second kappa shape index (κ2) is 10.9. The second-order valence-electron chi connectivity index (χ2n) is 8.51. The van der Waals surface area contributed by atoms with Crippen molar-refractivity contribution in [2.24, 2.45) is 5.92 Å². The maximum Gasteiger partial charge on any atom is 0.573 e. The SMILES string of the molecule is O=C(OCCS(=O)(=O)[O-])c1ccc(OC(F)(F)F)c(OC2(C#CC3CCCCC3)CCCC2)c1. The van der Waals surface area contributed by atoms with Gasteiger partial charge in [-0.25, -0.2) is 13.2 Å². The maximum atomic E-state index is 13.0. The first-order valence-electron chi connectivity index (χ1n) is 11.2. The number of carbonyl (C=O) groups is 1. The number of hydrogen-bond donors (Lipinski definition) is 0. The Morgan fingerprint density at radius 2 is 1.76 bits per heavy atom. The molecule has 0 aromatic heterocycles. The van der Waals surface area contributed by atoms with Crippen LogP contribution in [0, 0.1) is 17.8 Å². The highest BCUT2D eigenvalue weighted by atomic mass is 32.2. The molecule has 0 spiro atoms.